The number of hydrogen-bond donors (Lipinski definition) is 1. The zero-order chi connectivity index (χ0) is 21.0. The van der Waals surface area contributed by atoms with Gasteiger partial charge in [-0.3, -0.25) is 9.97 Å². The predicted molar refractivity (Wildman–Crippen MR) is 118 cm³/mol. The van der Waals surface area contributed by atoms with Gasteiger partial charge in [0.05, 0.1) is 24.0 Å². The number of hydrogen-bond acceptors (Lipinski definition) is 6. The summed E-state index contributed by atoms with van der Waals surface area (Å²) in [4.78, 5) is 22.2. The van der Waals surface area contributed by atoms with E-state index in [1.54, 1.807) is 36.9 Å². The molecule has 0 radical (unpaired) electrons. The van der Waals surface area contributed by atoms with Crippen LogP contribution < -0.4 is 5.32 Å². The summed E-state index contributed by atoms with van der Waals surface area (Å²) in [5, 5.41) is 4.17. The molecule has 0 saturated heterocycles. The Balaban J connectivity index is 1.62. The highest BCUT2D eigenvalue weighted by molar-refractivity contribution is 5.93. The fraction of sp³-hybridized carbons (Fsp3) is 0.0417. The van der Waals surface area contributed by atoms with Crippen LogP contribution >= 0.6 is 0 Å². The van der Waals surface area contributed by atoms with E-state index in [1.807, 2.05) is 42.5 Å². The Morgan fingerprint density at radius 3 is 2.55 bits per heavy atom. The minimum atomic E-state index is -0.279. The van der Waals surface area contributed by atoms with Gasteiger partial charge in [0.2, 0.25) is 0 Å². The van der Waals surface area contributed by atoms with Gasteiger partial charge in [-0.15, -0.1) is 0 Å². The van der Waals surface area contributed by atoms with Crippen molar-refractivity contribution >= 4 is 16.7 Å². The van der Waals surface area contributed by atoms with Crippen molar-refractivity contribution in [1.29, 1.82) is 0 Å². The van der Waals surface area contributed by atoms with Crippen LogP contribution in [0.25, 0.3) is 33.5 Å². The molecule has 3 heterocycles. The monoisotopic (exact) mass is 408 g/mol. The van der Waals surface area contributed by atoms with E-state index in [1.165, 1.54) is 6.07 Å². The molecule has 2 aromatic carbocycles. The summed E-state index contributed by atoms with van der Waals surface area (Å²) in [6.07, 6.45) is 6.56. The van der Waals surface area contributed by atoms with Crippen molar-refractivity contribution in [2.45, 2.75) is 6.54 Å². The van der Waals surface area contributed by atoms with Crippen LogP contribution in [0.5, 0.6) is 0 Å². The third kappa shape index (κ3) is 3.93. The van der Waals surface area contributed by atoms with Crippen LogP contribution in [-0.2, 0) is 6.54 Å². The first-order valence-corrected chi connectivity index (χ1v) is 9.75. The zero-order valence-electron chi connectivity index (χ0n) is 16.4. The molecular weight excluding hydrogens is 391 g/mol. The molecule has 0 unspecified atom stereocenters. The van der Waals surface area contributed by atoms with E-state index in [0.717, 1.165) is 16.6 Å². The lowest BCUT2D eigenvalue weighted by Gasteiger charge is -2.12. The molecule has 0 spiro atoms. The highest BCUT2D eigenvalue weighted by Gasteiger charge is 2.13. The number of fused-ring (bicyclic) bond motifs is 1. The van der Waals surface area contributed by atoms with E-state index in [0.29, 0.717) is 35.0 Å². The summed E-state index contributed by atoms with van der Waals surface area (Å²) in [7, 11) is 0. The van der Waals surface area contributed by atoms with Gasteiger partial charge in [-0.2, -0.15) is 0 Å². The van der Waals surface area contributed by atoms with Crippen LogP contribution in [0.1, 0.15) is 5.69 Å². The molecule has 0 amide bonds. The van der Waals surface area contributed by atoms with Crippen molar-refractivity contribution in [2.24, 2.45) is 0 Å². The third-order valence-electron chi connectivity index (χ3n) is 4.84. The average Bonchev–Trinajstić information content (AvgIpc) is 2.83. The molecule has 0 saturated carbocycles. The summed E-state index contributed by atoms with van der Waals surface area (Å²) in [5.74, 6) is 0.810. The Kier molecular flexibility index (Phi) is 4.98. The number of rotatable bonds is 5. The number of pyridine rings is 1. The largest absolute Gasteiger partial charge is 0.364 e. The molecule has 0 aliphatic rings. The van der Waals surface area contributed by atoms with Crippen molar-refractivity contribution in [3.63, 3.8) is 0 Å². The van der Waals surface area contributed by atoms with Crippen molar-refractivity contribution in [1.82, 2.24) is 24.9 Å². The van der Waals surface area contributed by atoms with E-state index in [9.17, 15) is 4.39 Å². The number of benzene rings is 2. The Morgan fingerprint density at radius 2 is 1.74 bits per heavy atom. The lowest BCUT2D eigenvalue weighted by Crippen LogP contribution is -2.06. The summed E-state index contributed by atoms with van der Waals surface area (Å²) < 4.78 is 14.3. The molecule has 5 aromatic rings. The molecule has 0 aliphatic heterocycles. The molecule has 7 heteroatoms. The average molecular weight is 408 g/mol. The number of nitrogens with one attached hydrogen (secondary N) is 1. The Bertz CT molecular complexity index is 1340. The standard InChI is InChI=1S/C24H17FN6/c25-20-7-2-1-6-18(20)16-8-9-19-21(13-16)30-24(22-15-26-11-12-28-22)31-23(19)29-14-17-5-3-4-10-27-17/h1-13,15H,14H2,(H,29,30,31). The highest BCUT2D eigenvalue weighted by Crippen LogP contribution is 2.30. The van der Waals surface area contributed by atoms with Gasteiger partial charge in [-0.05, 0) is 35.9 Å². The molecule has 150 valence electrons. The van der Waals surface area contributed by atoms with Gasteiger partial charge in [-0.25, -0.2) is 19.3 Å². The summed E-state index contributed by atoms with van der Waals surface area (Å²) in [6, 6.07) is 18.1. The first kappa shape index (κ1) is 18.7. The predicted octanol–water partition coefficient (Wildman–Crippen LogP) is 4.90. The van der Waals surface area contributed by atoms with Crippen molar-refractivity contribution in [2.75, 3.05) is 5.32 Å². The Labute approximate surface area is 177 Å². The second-order valence-corrected chi connectivity index (χ2v) is 6.87. The van der Waals surface area contributed by atoms with Gasteiger partial charge >= 0.3 is 0 Å². The molecule has 0 fully saturated rings. The van der Waals surface area contributed by atoms with Crippen LogP contribution in [0.15, 0.2) is 85.5 Å². The van der Waals surface area contributed by atoms with E-state index in [-0.39, 0.29) is 5.82 Å². The van der Waals surface area contributed by atoms with E-state index >= 15 is 0 Å². The molecule has 6 nitrogen and oxygen atoms in total. The summed E-state index contributed by atoms with van der Waals surface area (Å²) in [5.41, 5.74) is 3.39. The maximum atomic E-state index is 14.3. The Hall–Kier alpha value is -4.26. The molecule has 3 aromatic heterocycles. The van der Waals surface area contributed by atoms with E-state index in [4.69, 9.17) is 0 Å². The molecule has 0 aliphatic carbocycles. The molecule has 31 heavy (non-hydrogen) atoms. The van der Waals surface area contributed by atoms with Gasteiger partial charge in [0.25, 0.3) is 0 Å². The van der Waals surface area contributed by atoms with Gasteiger partial charge in [-0.1, -0.05) is 30.3 Å². The van der Waals surface area contributed by atoms with Crippen LogP contribution in [0.3, 0.4) is 0 Å². The van der Waals surface area contributed by atoms with Gasteiger partial charge in [0.15, 0.2) is 5.82 Å². The van der Waals surface area contributed by atoms with Crippen molar-refractivity contribution in [3.8, 4) is 22.6 Å². The van der Waals surface area contributed by atoms with Crippen molar-refractivity contribution in [3.05, 3.63) is 97.0 Å². The minimum absolute atomic E-state index is 0.279. The van der Waals surface area contributed by atoms with Crippen LogP contribution in [0, 0.1) is 5.82 Å². The lowest BCUT2D eigenvalue weighted by molar-refractivity contribution is 0.631. The number of nitrogens with zero attached hydrogens (tertiary/aromatic N) is 5. The smallest absolute Gasteiger partial charge is 0.182 e. The molecule has 5 rings (SSSR count). The van der Waals surface area contributed by atoms with Crippen LogP contribution in [0.2, 0.25) is 0 Å². The van der Waals surface area contributed by atoms with Gasteiger partial charge in [0.1, 0.15) is 17.3 Å². The third-order valence-corrected chi connectivity index (χ3v) is 4.84. The van der Waals surface area contributed by atoms with Crippen LogP contribution in [0.4, 0.5) is 10.2 Å². The second kappa shape index (κ2) is 8.23. The molecule has 0 atom stereocenters. The fourth-order valence-electron chi connectivity index (χ4n) is 3.33. The molecule has 0 bridgehead atoms. The topological polar surface area (TPSA) is 76.5 Å². The maximum absolute atomic E-state index is 14.3. The number of aromatic nitrogens is 5. The summed E-state index contributed by atoms with van der Waals surface area (Å²) in [6.45, 7) is 0.502. The number of anilines is 1. The second-order valence-electron chi connectivity index (χ2n) is 6.87. The zero-order valence-corrected chi connectivity index (χ0v) is 16.4. The van der Waals surface area contributed by atoms with Gasteiger partial charge in [0, 0.05) is 29.5 Å². The highest BCUT2D eigenvalue weighted by atomic mass is 19.1. The van der Waals surface area contributed by atoms with E-state index < -0.39 is 0 Å². The first-order valence-electron chi connectivity index (χ1n) is 9.75. The maximum Gasteiger partial charge on any atom is 0.182 e. The first-order chi connectivity index (χ1) is 15.3. The summed E-state index contributed by atoms with van der Waals surface area (Å²) >= 11 is 0. The molecule has 1 N–H and O–H groups in total. The Morgan fingerprint density at radius 1 is 0.839 bits per heavy atom. The molecular formula is C24H17FN6. The normalized spacial score (nSPS) is 10.9. The fourth-order valence-corrected chi connectivity index (χ4v) is 3.33. The quantitative estimate of drug-likeness (QED) is 0.446. The number of halogens is 1. The van der Waals surface area contributed by atoms with Crippen molar-refractivity contribution < 1.29 is 4.39 Å². The van der Waals surface area contributed by atoms with E-state index in [2.05, 4.69) is 30.2 Å². The van der Waals surface area contributed by atoms with Gasteiger partial charge < -0.3 is 5.32 Å². The minimum Gasteiger partial charge on any atom is -0.364 e. The SMILES string of the molecule is Fc1ccccc1-c1ccc2c(NCc3ccccn3)nc(-c3cnccn3)nc2c1. The lowest BCUT2D eigenvalue weighted by atomic mass is 10.0. The van der Waals surface area contributed by atoms with Crippen LogP contribution in [-0.4, -0.2) is 24.9 Å².